The Morgan fingerprint density at radius 1 is 1.08 bits per heavy atom. The van der Waals surface area contributed by atoms with Gasteiger partial charge in [0.2, 0.25) is 15.9 Å². The molecule has 1 aliphatic heterocycles. The maximum atomic E-state index is 12.8. The van der Waals surface area contributed by atoms with Gasteiger partial charge in [-0.3, -0.25) is 4.79 Å². The summed E-state index contributed by atoms with van der Waals surface area (Å²) >= 11 is 0. The molecule has 0 atom stereocenters. The molecule has 7 heteroatoms. The predicted octanol–water partition coefficient (Wildman–Crippen LogP) is 2.24. The van der Waals surface area contributed by atoms with Crippen LogP contribution < -0.4 is 0 Å². The molecule has 1 saturated heterocycles. The summed E-state index contributed by atoms with van der Waals surface area (Å²) in [4.78, 5) is 14.0. The van der Waals surface area contributed by atoms with Crippen LogP contribution in [0.15, 0.2) is 29.2 Å². The van der Waals surface area contributed by atoms with Crippen molar-refractivity contribution < 1.29 is 17.9 Å². The predicted molar refractivity (Wildman–Crippen MR) is 102 cm³/mol. The van der Waals surface area contributed by atoms with Gasteiger partial charge in [-0.1, -0.05) is 39.8 Å². The maximum absolute atomic E-state index is 12.8. The molecule has 0 spiro atoms. The zero-order valence-corrected chi connectivity index (χ0v) is 17.0. The Balaban J connectivity index is 1.98. The van der Waals surface area contributed by atoms with Gasteiger partial charge in [0.05, 0.1) is 4.90 Å². The van der Waals surface area contributed by atoms with Crippen molar-refractivity contribution in [3.8, 4) is 0 Å². The Labute approximate surface area is 157 Å². The minimum atomic E-state index is -3.53. The van der Waals surface area contributed by atoms with Gasteiger partial charge < -0.3 is 9.64 Å². The third kappa shape index (κ3) is 5.05. The van der Waals surface area contributed by atoms with E-state index in [9.17, 15) is 13.2 Å². The summed E-state index contributed by atoms with van der Waals surface area (Å²) in [7, 11) is -3.53. The number of hydrogen-bond donors (Lipinski definition) is 0. The van der Waals surface area contributed by atoms with Crippen molar-refractivity contribution in [3.63, 3.8) is 0 Å². The number of benzene rings is 1. The second-order valence-electron chi connectivity index (χ2n) is 7.61. The Morgan fingerprint density at radius 2 is 1.65 bits per heavy atom. The molecule has 1 fully saturated rings. The molecule has 1 aromatic carbocycles. The van der Waals surface area contributed by atoms with Crippen LogP contribution in [0.2, 0.25) is 0 Å². The molecule has 0 unspecified atom stereocenters. The number of rotatable bonds is 6. The van der Waals surface area contributed by atoms with E-state index >= 15 is 0 Å². The number of piperazine rings is 1. The van der Waals surface area contributed by atoms with Gasteiger partial charge in [0.1, 0.15) is 6.61 Å². The van der Waals surface area contributed by atoms with E-state index < -0.39 is 10.0 Å². The average Bonchev–Trinajstić information content (AvgIpc) is 2.61. The van der Waals surface area contributed by atoms with Gasteiger partial charge in [0, 0.05) is 32.8 Å². The largest absolute Gasteiger partial charge is 0.372 e. The highest BCUT2D eigenvalue weighted by Gasteiger charge is 2.30. The summed E-state index contributed by atoms with van der Waals surface area (Å²) in [5.41, 5.74) is 1.08. The van der Waals surface area contributed by atoms with Crippen LogP contribution in [0.4, 0.5) is 0 Å². The number of nitrogens with zero attached hydrogens (tertiary/aromatic N) is 2. The van der Waals surface area contributed by atoms with E-state index in [0.717, 1.165) is 12.0 Å². The van der Waals surface area contributed by atoms with Crippen molar-refractivity contribution in [2.24, 2.45) is 0 Å². The Kier molecular flexibility index (Phi) is 6.82. The first-order valence-corrected chi connectivity index (χ1v) is 10.6. The third-order valence-electron chi connectivity index (χ3n) is 4.52. The SMILES string of the molecule is CCCOCC(=O)N1CCN(S(=O)(=O)c2ccc(C(C)(C)C)cc2)CC1. The lowest BCUT2D eigenvalue weighted by Gasteiger charge is -2.34. The summed E-state index contributed by atoms with van der Waals surface area (Å²) in [6, 6.07) is 7.09. The molecule has 1 heterocycles. The first-order chi connectivity index (χ1) is 12.2. The maximum Gasteiger partial charge on any atom is 0.248 e. The molecule has 0 aromatic heterocycles. The van der Waals surface area contributed by atoms with Crippen LogP contribution in [0.5, 0.6) is 0 Å². The molecule has 26 heavy (non-hydrogen) atoms. The number of sulfonamides is 1. The summed E-state index contributed by atoms with van der Waals surface area (Å²) in [5.74, 6) is -0.0787. The molecule has 146 valence electrons. The zero-order valence-electron chi connectivity index (χ0n) is 16.2. The number of carbonyl (C=O) groups excluding carboxylic acids is 1. The minimum Gasteiger partial charge on any atom is -0.372 e. The first kappa shape index (κ1) is 20.9. The molecule has 0 aliphatic carbocycles. The van der Waals surface area contributed by atoms with Crippen LogP contribution in [0, 0.1) is 0 Å². The van der Waals surface area contributed by atoms with Crippen molar-refractivity contribution >= 4 is 15.9 Å². The minimum absolute atomic E-state index is 0.0197. The lowest BCUT2D eigenvalue weighted by Crippen LogP contribution is -2.51. The van der Waals surface area contributed by atoms with Crippen molar-refractivity contribution in [2.45, 2.75) is 44.4 Å². The summed E-state index contributed by atoms with van der Waals surface area (Å²) in [6.45, 7) is 10.3. The fraction of sp³-hybridized carbons (Fsp3) is 0.632. The average molecular weight is 383 g/mol. The van der Waals surface area contributed by atoms with Gasteiger partial charge in [-0.25, -0.2) is 8.42 Å². The number of amides is 1. The topological polar surface area (TPSA) is 66.9 Å². The Hall–Kier alpha value is -1.44. The molecule has 1 aliphatic rings. The highest BCUT2D eigenvalue weighted by Crippen LogP contribution is 2.25. The number of carbonyl (C=O) groups is 1. The number of ether oxygens (including phenoxy) is 1. The van der Waals surface area contributed by atoms with E-state index in [-0.39, 0.29) is 17.9 Å². The lowest BCUT2D eigenvalue weighted by atomic mass is 9.87. The molecular weight excluding hydrogens is 352 g/mol. The normalized spacial score (nSPS) is 16.7. The highest BCUT2D eigenvalue weighted by atomic mass is 32.2. The van der Waals surface area contributed by atoms with Crippen molar-refractivity contribution in [1.82, 2.24) is 9.21 Å². The van der Waals surface area contributed by atoms with E-state index in [0.29, 0.717) is 37.7 Å². The fourth-order valence-electron chi connectivity index (χ4n) is 2.85. The molecule has 0 saturated carbocycles. The van der Waals surface area contributed by atoms with Gasteiger partial charge in [0.15, 0.2) is 0 Å². The summed E-state index contributed by atoms with van der Waals surface area (Å²) < 4.78 is 32.4. The Morgan fingerprint density at radius 3 is 2.15 bits per heavy atom. The van der Waals surface area contributed by atoms with Crippen LogP contribution in [0.25, 0.3) is 0 Å². The zero-order chi connectivity index (χ0) is 19.4. The third-order valence-corrected chi connectivity index (χ3v) is 6.44. The highest BCUT2D eigenvalue weighted by molar-refractivity contribution is 7.89. The van der Waals surface area contributed by atoms with Crippen LogP contribution in [0.3, 0.4) is 0 Å². The molecule has 0 radical (unpaired) electrons. The molecule has 0 bridgehead atoms. The van der Waals surface area contributed by atoms with Gasteiger partial charge in [0.25, 0.3) is 0 Å². The quantitative estimate of drug-likeness (QED) is 0.708. The van der Waals surface area contributed by atoms with Gasteiger partial charge in [-0.05, 0) is 29.5 Å². The van der Waals surface area contributed by atoms with E-state index in [4.69, 9.17) is 4.74 Å². The first-order valence-electron chi connectivity index (χ1n) is 9.12. The van der Waals surface area contributed by atoms with E-state index in [1.807, 2.05) is 19.1 Å². The second kappa shape index (κ2) is 8.50. The van der Waals surface area contributed by atoms with Crippen LogP contribution in [-0.2, 0) is 25.0 Å². The fourth-order valence-corrected chi connectivity index (χ4v) is 4.27. The molecule has 1 amide bonds. The summed E-state index contributed by atoms with van der Waals surface area (Å²) in [6.07, 6.45) is 0.868. The Bertz CT molecular complexity index is 700. The molecular formula is C19H30N2O4S. The van der Waals surface area contributed by atoms with E-state index in [2.05, 4.69) is 20.8 Å². The molecule has 2 rings (SSSR count). The van der Waals surface area contributed by atoms with Crippen molar-refractivity contribution in [3.05, 3.63) is 29.8 Å². The lowest BCUT2D eigenvalue weighted by molar-refractivity contribution is -0.137. The van der Waals surface area contributed by atoms with Crippen LogP contribution in [0.1, 0.15) is 39.7 Å². The standard InChI is InChI=1S/C19H30N2O4S/c1-5-14-25-15-18(22)20-10-12-21(13-11-20)26(23,24)17-8-6-16(7-9-17)19(2,3)4/h6-9H,5,10-15H2,1-4H3. The monoisotopic (exact) mass is 382 g/mol. The second-order valence-corrected chi connectivity index (χ2v) is 9.55. The summed E-state index contributed by atoms with van der Waals surface area (Å²) in [5, 5.41) is 0. The van der Waals surface area contributed by atoms with Crippen molar-refractivity contribution in [1.29, 1.82) is 0 Å². The van der Waals surface area contributed by atoms with Gasteiger partial charge in [-0.2, -0.15) is 4.31 Å². The molecule has 1 aromatic rings. The smallest absolute Gasteiger partial charge is 0.248 e. The molecule has 0 N–H and O–H groups in total. The number of hydrogen-bond acceptors (Lipinski definition) is 4. The van der Waals surface area contributed by atoms with Crippen molar-refractivity contribution in [2.75, 3.05) is 39.4 Å². The van der Waals surface area contributed by atoms with Gasteiger partial charge in [-0.15, -0.1) is 0 Å². The molecule has 6 nitrogen and oxygen atoms in total. The van der Waals surface area contributed by atoms with E-state index in [1.54, 1.807) is 17.0 Å². The van der Waals surface area contributed by atoms with Crippen LogP contribution >= 0.6 is 0 Å². The van der Waals surface area contributed by atoms with Gasteiger partial charge >= 0.3 is 0 Å². The van der Waals surface area contributed by atoms with Crippen LogP contribution in [-0.4, -0.2) is 62.9 Å². The van der Waals surface area contributed by atoms with E-state index in [1.165, 1.54) is 4.31 Å².